The van der Waals surface area contributed by atoms with Crippen molar-refractivity contribution in [1.82, 2.24) is 4.90 Å². The van der Waals surface area contributed by atoms with Crippen LogP contribution in [0.1, 0.15) is 13.8 Å². The molecule has 2 atom stereocenters. The quantitative estimate of drug-likeness (QED) is 0.697. The van der Waals surface area contributed by atoms with Gasteiger partial charge in [-0.25, -0.2) is 0 Å². The van der Waals surface area contributed by atoms with Crippen molar-refractivity contribution >= 4 is 12.4 Å². The van der Waals surface area contributed by atoms with Crippen molar-refractivity contribution in [3.63, 3.8) is 0 Å². The fourth-order valence-electron chi connectivity index (χ4n) is 1.29. The number of ether oxygens (including phenoxy) is 1. The van der Waals surface area contributed by atoms with Crippen molar-refractivity contribution in [2.45, 2.75) is 26.0 Å². The molecule has 1 aliphatic heterocycles. The Bertz CT molecular complexity index is 116. The third-order valence-corrected chi connectivity index (χ3v) is 2.32. The number of hydrogen-bond donors (Lipinski definition) is 1. The fourth-order valence-corrected chi connectivity index (χ4v) is 1.29. The Morgan fingerprint density at radius 3 is 2.17 bits per heavy atom. The summed E-state index contributed by atoms with van der Waals surface area (Å²) in [5.74, 6) is 0. The minimum absolute atomic E-state index is 0. The van der Waals surface area contributed by atoms with Crippen molar-refractivity contribution in [1.29, 1.82) is 0 Å². The van der Waals surface area contributed by atoms with E-state index in [-0.39, 0.29) is 24.6 Å². The van der Waals surface area contributed by atoms with Gasteiger partial charge >= 0.3 is 0 Å². The smallest absolute Gasteiger partial charge is 0.0664 e. The molecule has 1 saturated heterocycles. The second-order valence-corrected chi connectivity index (χ2v) is 3.13. The van der Waals surface area contributed by atoms with Crippen LogP contribution in [0.15, 0.2) is 0 Å². The van der Waals surface area contributed by atoms with Crippen LogP contribution >= 0.6 is 12.4 Å². The molecule has 1 heterocycles. The van der Waals surface area contributed by atoms with Gasteiger partial charge < -0.3 is 9.84 Å². The molecule has 0 radical (unpaired) electrons. The van der Waals surface area contributed by atoms with Crippen LogP contribution < -0.4 is 0 Å². The highest BCUT2D eigenvalue weighted by atomic mass is 35.5. The minimum atomic E-state index is -0.243. The van der Waals surface area contributed by atoms with E-state index < -0.39 is 0 Å². The van der Waals surface area contributed by atoms with E-state index in [2.05, 4.69) is 11.8 Å². The molecule has 4 heteroatoms. The number of halogens is 1. The van der Waals surface area contributed by atoms with E-state index >= 15 is 0 Å². The Morgan fingerprint density at radius 2 is 1.75 bits per heavy atom. The Labute approximate surface area is 80.1 Å². The summed E-state index contributed by atoms with van der Waals surface area (Å²) in [4.78, 5) is 2.26. The summed E-state index contributed by atoms with van der Waals surface area (Å²) in [6.07, 6.45) is -0.243. The summed E-state index contributed by atoms with van der Waals surface area (Å²) < 4.78 is 5.21. The van der Waals surface area contributed by atoms with Crippen molar-refractivity contribution in [3.8, 4) is 0 Å². The first-order valence-corrected chi connectivity index (χ1v) is 4.21. The molecule has 0 aliphatic carbocycles. The maximum absolute atomic E-state index is 9.29. The van der Waals surface area contributed by atoms with Gasteiger partial charge in [-0.1, -0.05) is 0 Å². The van der Waals surface area contributed by atoms with Gasteiger partial charge in [-0.15, -0.1) is 12.4 Å². The zero-order valence-corrected chi connectivity index (χ0v) is 8.51. The van der Waals surface area contributed by atoms with Gasteiger partial charge in [0.25, 0.3) is 0 Å². The van der Waals surface area contributed by atoms with E-state index in [1.165, 1.54) is 0 Å². The van der Waals surface area contributed by atoms with E-state index in [0.29, 0.717) is 0 Å². The highest BCUT2D eigenvalue weighted by Crippen LogP contribution is 2.06. The van der Waals surface area contributed by atoms with Crippen LogP contribution in [0.2, 0.25) is 0 Å². The molecule has 1 rings (SSSR count). The van der Waals surface area contributed by atoms with Crippen molar-refractivity contribution in [2.24, 2.45) is 0 Å². The minimum Gasteiger partial charge on any atom is -0.392 e. The third-order valence-electron chi connectivity index (χ3n) is 2.32. The van der Waals surface area contributed by atoms with Crippen molar-refractivity contribution < 1.29 is 9.84 Å². The number of rotatable bonds is 2. The molecule has 3 nitrogen and oxygen atoms in total. The molecular formula is C8H18ClNO2. The monoisotopic (exact) mass is 195 g/mol. The van der Waals surface area contributed by atoms with Crippen LogP contribution in [0.3, 0.4) is 0 Å². The van der Waals surface area contributed by atoms with Gasteiger partial charge in [0, 0.05) is 19.1 Å². The van der Waals surface area contributed by atoms with E-state index in [1.54, 1.807) is 0 Å². The van der Waals surface area contributed by atoms with E-state index in [4.69, 9.17) is 4.74 Å². The number of hydrogen-bond acceptors (Lipinski definition) is 3. The van der Waals surface area contributed by atoms with Gasteiger partial charge in [0.2, 0.25) is 0 Å². The molecule has 1 aliphatic rings. The Hall–Kier alpha value is 0.170. The predicted octanol–water partition coefficient (Wildman–Crippen LogP) is 0.510. The zero-order chi connectivity index (χ0) is 8.27. The standard InChI is InChI=1S/C8H17NO2.ClH/c1-7(8(2)10)9-3-5-11-6-4-9;/h7-8,10H,3-6H2,1-2H3;1H. The average molecular weight is 196 g/mol. The lowest BCUT2D eigenvalue weighted by molar-refractivity contribution is -0.0111. The summed E-state index contributed by atoms with van der Waals surface area (Å²) >= 11 is 0. The van der Waals surface area contributed by atoms with Gasteiger partial charge in [0.1, 0.15) is 0 Å². The summed E-state index contributed by atoms with van der Waals surface area (Å²) in [5.41, 5.74) is 0. The lowest BCUT2D eigenvalue weighted by Crippen LogP contribution is -2.46. The van der Waals surface area contributed by atoms with Crippen LogP contribution in [-0.2, 0) is 4.74 Å². The van der Waals surface area contributed by atoms with Crippen LogP contribution in [0.5, 0.6) is 0 Å². The SMILES string of the molecule is CC(O)C(C)N1CCOCC1.Cl. The molecule has 2 unspecified atom stereocenters. The molecule has 0 spiro atoms. The van der Waals surface area contributed by atoms with Gasteiger partial charge in [-0.3, -0.25) is 4.90 Å². The number of morpholine rings is 1. The van der Waals surface area contributed by atoms with Crippen LogP contribution in [-0.4, -0.2) is 48.5 Å². The number of nitrogens with zero attached hydrogens (tertiary/aromatic N) is 1. The highest BCUT2D eigenvalue weighted by molar-refractivity contribution is 5.85. The van der Waals surface area contributed by atoms with E-state index in [0.717, 1.165) is 26.3 Å². The maximum Gasteiger partial charge on any atom is 0.0664 e. The third kappa shape index (κ3) is 3.27. The van der Waals surface area contributed by atoms with E-state index in [9.17, 15) is 5.11 Å². The van der Waals surface area contributed by atoms with Gasteiger partial charge in [0.15, 0.2) is 0 Å². The second kappa shape index (κ2) is 5.75. The number of aliphatic hydroxyl groups excluding tert-OH is 1. The van der Waals surface area contributed by atoms with Gasteiger partial charge in [-0.2, -0.15) is 0 Å². The molecule has 1 fully saturated rings. The summed E-state index contributed by atoms with van der Waals surface area (Å²) in [6, 6.07) is 0.263. The molecule has 0 aromatic carbocycles. The topological polar surface area (TPSA) is 32.7 Å². The summed E-state index contributed by atoms with van der Waals surface area (Å²) in [6.45, 7) is 7.39. The number of aliphatic hydroxyl groups is 1. The fraction of sp³-hybridized carbons (Fsp3) is 1.00. The largest absolute Gasteiger partial charge is 0.392 e. The molecule has 12 heavy (non-hydrogen) atoms. The Morgan fingerprint density at radius 1 is 1.25 bits per heavy atom. The summed E-state index contributed by atoms with van der Waals surface area (Å²) in [7, 11) is 0. The van der Waals surface area contributed by atoms with Crippen molar-refractivity contribution in [3.05, 3.63) is 0 Å². The van der Waals surface area contributed by atoms with E-state index in [1.807, 2.05) is 6.92 Å². The molecule has 0 saturated carbocycles. The Kier molecular flexibility index (Phi) is 5.84. The first-order chi connectivity index (χ1) is 5.22. The lowest BCUT2D eigenvalue weighted by atomic mass is 10.2. The molecule has 0 aromatic rings. The first kappa shape index (κ1) is 12.2. The predicted molar refractivity (Wildman–Crippen MR) is 50.8 cm³/mol. The lowest BCUT2D eigenvalue weighted by Gasteiger charge is -2.33. The molecular weight excluding hydrogens is 178 g/mol. The molecule has 0 bridgehead atoms. The summed E-state index contributed by atoms with van der Waals surface area (Å²) in [5, 5.41) is 9.29. The Balaban J connectivity index is 0.00000121. The zero-order valence-electron chi connectivity index (χ0n) is 7.69. The van der Waals surface area contributed by atoms with Crippen LogP contribution in [0, 0.1) is 0 Å². The van der Waals surface area contributed by atoms with Gasteiger partial charge in [-0.05, 0) is 13.8 Å². The molecule has 0 aromatic heterocycles. The normalized spacial score (nSPS) is 24.2. The van der Waals surface area contributed by atoms with Crippen molar-refractivity contribution in [2.75, 3.05) is 26.3 Å². The second-order valence-electron chi connectivity index (χ2n) is 3.13. The maximum atomic E-state index is 9.29. The van der Waals surface area contributed by atoms with Crippen LogP contribution in [0.4, 0.5) is 0 Å². The molecule has 1 N–H and O–H groups in total. The highest BCUT2D eigenvalue weighted by Gasteiger charge is 2.19. The molecule has 0 amide bonds. The molecule has 74 valence electrons. The average Bonchev–Trinajstić information content (AvgIpc) is 2.05. The van der Waals surface area contributed by atoms with Gasteiger partial charge in [0.05, 0.1) is 19.3 Å². The first-order valence-electron chi connectivity index (χ1n) is 4.21. The van der Waals surface area contributed by atoms with Crippen LogP contribution in [0.25, 0.3) is 0 Å².